The third-order valence-corrected chi connectivity index (χ3v) is 4.86. The summed E-state index contributed by atoms with van der Waals surface area (Å²) < 4.78 is 17.7. The first-order chi connectivity index (χ1) is 13.6. The molecule has 0 saturated carbocycles. The molecule has 0 aliphatic rings. The lowest BCUT2D eigenvalue weighted by molar-refractivity contribution is -0.131. The summed E-state index contributed by atoms with van der Waals surface area (Å²) in [7, 11) is 3.48. The zero-order valence-corrected chi connectivity index (χ0v) is 16.7. The Morgan fingerprint density at radius 3 is 2.29 bits per heavy atom. The third kappa shape index (κ3) is 4.83. The van der Waals surface area contributed by atoms with Gasteiger partial charge in [0.15, 0.2) is 11.0 Å². The zero-order valence-electron chi connectivity index (χ0n) is 15.9. The Labute approximate surface area is 167 Å². The molecule has 0 saturated heterocycles. The lowest BCUT2D eigenvalue weighted by Gasteiger charge is -2.07. The van der Waals surface area contributed by atoms with Gasteiger partial charge in [-0.05, 0) is 55.5 Å². The molecule has 1 heterocycles. The van der Waals surface area contributed by atoms with Gasteiger partial charge in [-0.1, -0.05) is 11.8 Å². The van der Waals surface area contributed by atoms with Crippen molar-refractivity contribution in [2.75, 3.05) is 19.5 Å². The van der Waals surface area contributed by atoms with Crippen LogP contribution in [0.4, 0.5) is 0 Å². The highest BCUT2D eigenvalue weighted by atomic mass is 32.2. The van der Waals surface area contributed by atoms with E-state index in [1.165, 1.54) is 11.8 Å². The molecule has 0 aliphatic heterocycles. The third-order valence-electron chi connectivity index (χ3n) is 3.87. The molecule has 146 valence electrons. The fourth-order valence-corrected chi connectivity index (χ4v) is 3.17. The van der Waals surface area contributed by atoms with Crippen LogP contribution < -0.4 is 14.2 Å². The number of benzene rings is 2. The maximum atomic E-state index is 12.1. The van der Waals surface area contributed by atoms with Gasteiger partial charge >= 0.3 is 5.97 Å². The Kier molecular flexibility index (Phi) is 6.54. The quantitative estimate of drug-likeness (QED) is 0.325. The van der Waals surface area contributed by atoms with E-state index in [1.54, 1.807) is 31.4 Å². The van der Waals surface area contributed by atoms with E-state index < -0.39 is 0 Å². The summed E-state index contributed by atoms with van der Waals surface area (Å²) in [6.45, 7) is 2.50. The number of hydrogen-bond donors (Lipinski definition) is 0. The molecule has 8 heteroatoms. The van der Waals surface area contributed by atoms with E-state index in [2.05, 4.69) is 10.2 Å². The number of thioether (sulfide) groups is 1. The molecule has 1 aromatic heterocycles. The summed E-state index contributed by atoms with van der Waals surface area (Å²) in [4.78, 5) is 12.1. The van der Waals surface area contributed by atoms with Gasteiger partial charge in [-0.15, -0.1) is 10.2 Å². The summed E-state index contributed by atoms with van der Waals surface area (Å²) in [5.41, 5.74) is 0.916. The minimum atomic E-state index is -0.358. The van der Waals surface area contributed by atoms with Crippen molar-refractivity contribution in [1.29, 1.82) is 0 Å². The average Bonchev–Trinajstić information content (AvgIpc) is 3.08. The number of ether oxygens (including phenoxy) is 3. The second kappa shape index (κ2) is 9.27. The predicted molar refractivity (Wildman–Crippen MR) is 107 cm³/mol. The van der Waals surface area contributed by atoms with Crippen LogP contribution in [0.3, 0.4) is 0 Å². The van der Waals surface area contributed by atoms with Gasteiger partial charge < -0.3 is 18.8 Å². The first-order valence-corrected chi connectivity index (χ1v) is 9.69. The second-order valence-corrected chi connectivity index (χ2v) is 6.70. The van der Waals surface area contributed by atoms with Gasteiger partial charge in [0.1, 0.15) is 17.2 Å². The second-order valence-electron chi connectivity index (χ2n) is 5.76. The van der Waals surface area contributed by atoms with Crippen molar-refractivity contribution in [2.45, 2.75) is 12.1 Å². The van der Waals surface area contributed by atoms with Crippen LogP contribution in [0.25, 0.3) is 11.4 Å². The van der Waals surface area contributed by atoms with Crippen molar-refractivity contribution in [3.05, 3.63) is 48.5 Å². The fraction of sp³-hybridized carbons (Fsp3) is 0.250. The van der Waals surface area contributed by atoms with E-state index in [0.29, 0.717) is 23.3 Å². The van der Waals surface area contributed by atoms with Crippen molar-refractivity contribution >= 4 is 17.7 Å². The molecular formula is C20H21N3O4S. The standard InChI is InChI=1S/C20H21N3O4S/c1-4-26-16-9-11-17(12-10-16)27-18(24)13-28-20-22-21-19(23(20)2)14-5-7-15(25-3)8-6-14/h5-12H,4,13H2,1-3H3. The Morgan fingerprint density at radius 1 is 1.00 bits per heavy atom. The normalized spacial score (nSPS) is 10.5. The van der Waals surface area contributed by atoms with Gasteiger partial charge in [0.2, 0.25) is 0 Å². The molecule has 3 aromatic rings. The van der Waals surface area contributed by atoms with Crippen LogP contribution in [0.1, 0.15) is 6.92 Å². The summed E-state index contributed by atoms with van der Waals surface area (Å²) in [5, 5.41) is 9.02. The molecule has 0 spiro atoms. The maximum absolute atomic E-state index is 12.1. The van der Waals surface area contributed by atoms with Crippen LogP contribution in [-0.4, -0.2) is 40.2 Å². The zero-order chi connectivity index (χ0) is 19.9. The molecule has 0 unspecified atom stereocenters. The minimum Gasteiger partial charge on any atom is -0.497 e. The largest absolute Gasteiger partial charge is 0.497 e. The number of esters is 1. The number of methoxy groups -OCH3 is 1. The number of carbonyl (C=O) groups excluding carboxylic acids is 1. The predicted octanol–water partition coefficient (Wildman–Crippen LogP) is 3.59. The molecule has 0 aliphatic carbocycles. The van der Waals surface area contributed by atoms with E-state index in [4.69, 9.17) is 14.2 Å². The molecule has 7 nitrogen and oxygen atoms in total. The van der Waals surface area contributed by atoms with Crippen LogP contribution >= 0.6 is 11.8 Å². The Morgan fingerprint density at radius 2 is 1.64 bits per heavy atom. The van der Waals surface area contributed by atoms with Crippen molar-refractivity contribution < 1.29 is 19.0 Å². The van der Waals surface area contributed by atoms with Gasteiger partial charge in [0, 0.05) is 12.6 Å². The van der Waals surface area contributed by atoms with Crippen molar-refractivity contribution in [3.63, 3.8) is 0 Å². The first-order valence-electron chi connectivity index (χ1n) is 8.71. The Hall–Kier alpha value is -3.00. The Bertz CT molecular complexity index is 924. The van der Waals surface area contributed by atoms with Gasteiger partial charge in [0.25, 0.3) is 0 Å². The van der Waals surface area contributed by atoms with Crippen molar-refractivity contribution in [1.82, 2.24) is 14.8 Å². The van der Waals surface area contributed by atoms with E-state index in [0.717, 1.165) is 17.1 Å². The number of nitrogens with zero attached hydrogens (tertiary/aromatic N) is 3. The number of aromatic nitrogens is 3. The summed E-state index contributed by atoms with van der Waals surface area (Å²) in [6, 6.07) is 14.5. The molecule has 0 atom stereocenters. The van der Waals surface area contributed by atoms with Crippen molar-refractivity contribution in [3.8, 4) is 28.6 Å². The SMILES string of the molecule is CCOc1ccc(OC(=O)CSc2nnc(-c3ccc(OC)cc3)n2C)cc1. The van der Waals surface area contributed by atoms with Gasteiger partial charge in [-0.25, -0.2) is 0 Å². The summed E-state index contributed by atoms with van der Waals surface area (Å²) >= 11 is 1.27. The maximum Gasteiger partial charge on any atom is 0.321 e. The topological polar surface area (TPSA) is 75.5 Å². The van der Waals surface area contributed by atoms with E-state index in [1.807, 2.05) is 42.8 Å². The molecule has 28 heavy (non-hydrogen) atoms. The molecule has 3 rings (SSSR count). The number of carbonyl (C=O) groups is 1. The Balaban J connectivity index is 1.58. The van der Waals surface area contributed by atoms with Gasteiger partial charge in [-0.3, -0.25) is 4.79 Å². The van der Waals surface area contributed by atoms with Gasteiger partial charge in [-0.2, -0.15) is 0 Å². The fourth-order valence-electron chi connectivity index (χ4n) is 2.49. The molecule has 0 bridgehead atoms. The van der Waals surface area contributed by atoms with E-state index >= 15 is 0 Å². The molecule has 0 N–H and O–H groups in total. The lowest BCUT2D eigenvalue weighted by Crippen LogP contribution is -2.11. The summed E-state index contributed by atoms with van der Waals surface area (Å²) in [5.74, 6) is 2.47. The monoisotopic (exact) mass is 399 g/mol. The first kappa shape index (κ1) is 19.8. The minimum absolute atomic E-state index is 0.127. The smallest absolute Gasteiger partial charge is 0.321 e. The van der Waals surface area contributed by atoms with Crippen LogP contribution in [0.15, 0.2) is 53.7 Å². The van der Waals surface area contributed by atoms with Crippen LogP contribution in [0.2, 0.25) is 0 Å². The molecule has 0 amide bonds. The highest BCUT2D eigenvalue weighted by Crippen LogP contribution is 2.25. The molecule has 0 fully saturated rings. The highest BCUT2D eigenvalue weighted by molar-refractivity contribution is 7.99. The molecule has 2 aromatic carbocycles. The summed E-state index contributed by atoms with van der Waals surface area (Å²) in [6.07, 6.45) is 0. The molecule has 0 radical (unpaired) electrons. The average molecular weight is 399 g/mol. The van der Waals surface area contributed by atoms with E-state index in [-0.39, 0.29) is 11.7 Å². The lowest BCUT2D eigenvalue weighted by atomic mass is 10.2. The van der Waals surface area contributed by atoms with Gasteiger partial charge in [0.05, 0.1) is 19.5 Å². The molecular weight excluding hydrogens is 378 g/mol. The van der Waals surface area contributed by atoms with Crippen LogP contribution in [-0.2, 0) is 11.8 Å². The highest BCUT2D eigenvalue weighted by Gasteiger charge is 2.14. The van der Waals surface area contributed by atoms with E-state index in [9.17, 15) is 4.79 Å². The van der Waals surface area contributed by atoms with Crippen LogP contribution in [0.5, 0.6) is 17.2 Å². The number of hydrogen-bond acceptors (Lipinski definition) is 7. The number of rotatable bonds is 8. The van der Waals surface area contributed by atoms with Crippen molar-refractivity contribution in [2.24, 2.45) is 7.05 Å². The van der Waals surface area contributed by atoms with Crippen LogP contribution in [0, 0.1) is 0 Å².